The Labute approximate surface area is 169 Å². The van der Waals surface area contributed by atoms with E-state index < -0.39 is 0 Å². The molecule has 0 saturated carbocycles. The summed E-state index contributed by atoms with van der Waals surface area (Å²) in [7, 11) is 0. The van der Waals surface area contributed by atoms with E-state index in [2.05, 4.69) is 5.10 Å². The summed E-state index contributed by atoms with van der Waals surface area (Å²) in [6, 6.07) is 6.24. The number of aromatic nitrogens is 3. The number of hydrogen-bond acceptors (Lipinski definition) is 4. The molecule has 1 atom stereocenters. The van der Waals surface area contributed by atoms with Crippen molar-refractivity contribution in [1.29, 1.82) is 0 Å². The van der Waals surface area contributed by atoms with Crippen LogP contribution in [0, 0.1) is 5.82 Å². The van der Waals surface area contributed by atoms with Crippen LogP contribution in [0.5, 0.6) is 0 Å². The molecule has 4 rings (SSSR count). The average molecular weight is 402 g/mol. The van der Waals surface area contributed by atoms with Gasteiger partial charge in [0.15, 0.2) is 0 Å². The quantitative estimate of drug-likeness (QED) is 0.742. The van der Waals surface area contributed by atoms with Crippen LogP contribution in [0.15, 0.2) is 29.1 Å². The largest absolute Gasteiger partial charge is 0.376 e. The number of carbonyl (C=O) groups excluding carboxylic acids is 1. The zero-order valence-electron chi connectivity index (χ0n) is 16.6. The Kier molecular flexibility index (Phi) is 6.08. The summed E-state index contributed by atoms with van der Waals surface area (Å²) < 4.78 is 22.3. The first-order valence-corrected chi connectivity index (χ1v) is 10.4. The van der Waals surface area contributed by atoms with Gasteiger partial charge in [0.25, 0.3) is 0 Å². The Hall–Kier alpha value is -2.48. The van der Waals surface area contributed by atoms with E-state index in [-0.39, 0.29) is 36.6 Å². The Morgan fingerprint density at radius 2 is 2.17 bits per heavy atom. The molecule has 1 aromatic heterocycles. The number of aryl methyl sites for hydroxylation is 1. The first kappa shape index (κ1) is 19.8. The molecule has 0 bridgehead atoms. The van der Waals surface area contributed by atoms with Crippen LogP contribution >= 0.6 is 0 Å². The van der Waals surface area contributed by atoms with E-state index in [9.17, 15) is 14.0 Å². The van der Waals surface area contributed by atoms with Gasteiger partial charge in [-0.2, -0.15) is 5.10 Å². The van der Waals surface area contributed by atoms with Crippen LogP contribution < -0.4 is 5.69 Å². The molecule has 29 heavy (non-hydrogen) atoms. The van der Waals surface area contributed by atoms with E-state index in [1.54, 1.807) is 21.6 Å². The molecule has 0 radical (unpaired) electrons. The van der Waals surface area contributed by atoms with Gasteiger partial charge in [-0.1, -0.05) is 18.6 Å². The number of benzene rings is 1. The molecule has 1 fully saturated rings. The summed E-state index contributed by atoms with van der Waals surface area (Å²) in [5.41, 5.74) is 0.488. The second kappa shape index (κ2) is 8.90. The summed E-state index contributed by atoms with van der Waals surface area (Å²) in [5.74, 6) is 0.220. The van der Waals surface area contributed by atoms with Gasteiger partial charge in [0.05, 0.1) is 6.10 Å². The minimum atomic E-state index is -0.332. The number of rotatable bonds is 6. The zero-order valence-corrected chi connectivity index (χ0v) is 16.6. The smallest absolute Gasteiger partial charge is 0.346 e. The average Bonchev–Trinajstić information content (AvgIpc) is 3.23. The summed E-state index contributed by atoms with van der Waals surface area (Å²) in [6.07, 6.45) is 5.66. The molecular formula is C21H27FN4O3. The maximum absolute atomic E-state index is 13.6. The number of ether oxygens (including phenoxy) is 1. The minimum Gasteiger partial charge on any atom is -0.376 e. The van der Waals surface area contributed by atoms with Crippen molar-refractivity contribution in [2.75, 3.05) is 13.2 Å². The van der Waals surface area contributed by atoms with E-state index in [4.69, 9.17) is 4.74 Å². The number of fused-ring (bicyclic) bond motifs is 1. The SMILES string of the molecule is O=C(Cn1nc2n(c1=O)CCCCC2)N(Cc1cccc(F)c1)CC1CCCO1. The molecule has 1 amide bonds. The van der Waals surface area contributed by atoms with E-state index in [1.807, 2.05) is 0 Å². The van der Waals surface area contributed by atoms with Crippen LogP contribution in [0.25, 0.3) is 0 Å². The summed E-state index contributed by atoms with van der Waals surface area (Å²) >= 11 is 0. The second-order valence-corrected chi connectivity index (χ2v) is 7.86. The fourth-order valence-electron chi connectivity index (χ4n) is 4.10. The van der Waals surface area contributed by atoms with E-state index >= 15 is 0 Å². The number of carbonyl (C=O) groups is 1. The second-order valence-electron chi connectivity index (χ2n) is 7.86. The third-order valence-electron chi connectivity index (χ3n) is 5.63. The van der Waals surface area contributed by atoms with Gasteiger partial charge < -0.3 is 9.64 Å². The van der Waals surface area contributed by atoms with Crippen molar-refractivity contribution in [3.8, 4) is 0 Å². The molecule has 2 aromatic rings. The molecule has 1 saturated heterocycles. The molecule has 1 unspecified atom stereocenters. The predicted octanol–water partition coefficient (Wildman–Crippen LogP) is 2.12. The Morgan fingerprint density at radius 3 is 2.97 bits per heavy atom. The zero-order chi connectivity index (χ0) is 20.2. The highest BCUT2D eigenvalue weighted by atomic mass is 19.1. The van der Waals surface area contributed by atoms with Crippen LogP contribution in [0.2, 0.25) is 0 Å². The lowest BCUT2D eigenvalue weighted by Crippen LogP contribution is -2.40. The molecule has 2 aliphatic heterocycles. The van der Waals surface area contributed by atoms with Crippen LogP contribution in [0.4, 0.5) is 4.39 Å². The van der Waals surface area contributed by atoms with Gasteiger partial charge in [-0.05, 0) is 43.4 Å². The molecule has 1 aromatic carbocycles. The predicted molar refractivity (Wildman–Crippen MR) is 105 cm³/mol. The standard InChI is InChI=1S/C21H27FN4O3/c22-17-7-4-6-16(12-17)13-24(14-18-8-5-11-29-18)20(27)15-26-21(28)25-10-3-1-2-9-19(25)23-26/h4,6-7,12,18H,1-3,5,8-11,13-15H2. The topological polar surface area (TPSA) is 69.4 Å². The highest BCUT2D eigenvalue weighted by Crippen LogP contribution is 2.16. The van der Waals surface area contributed by atoms with Gasteiger partial charge in [0, 0.05) is 32.7 Å². The maximum atomic E-state index is 13.6. The molecule has 0 aliphatic carbocycles. The summed E-state index contributed by atoms with van der Waals surface area (Å²) in [6.45, 7) is 1.95. The van der Waals surface area contributed by atoms with E-state index in [0.717, 1.165) is 44.3 Å². The number of halogens is 1. The van der Waals surface area contributed by atoms with Crippen LogP contribution in [-0.4, -0.2) is 44.4 Å². The molecule has 0 spiro atoms. The molecule has 3 heterocycles. The van der Waals surface area contributed by atoms with Crippen LogP contribution in [0.3, 0.4) is 0 Å². The monoisotopic (exact) mass is 402 g/mol. The third-order valence-corrected chi connectivity index (χ3v) is 5.63. The van der Waals surface area contributed by atoms with Crippen molar-refractivity contribution in [3.05, 3.63) is 52.0 Å². The Bertz CT molecular complexity index is 917. The van der Waals surface area contributed by atoms with Gasteiger partial charge in [0.1, 0.15) is 18.2 Å². The summed E-state index contributed by atoms with van der Waals surface area (Å²) in [4.78, 5) is 27.4. The highest BCUT2D eigenvalue weighted by molar-refractivity contribution is 5.76. The van der Waals surface area contributed by atoms with Crippen molar-refractivity contribution in [1.82, 2.24) is 19.2 Å². The fourth-order valence-corrected chi connectivity index (χ4v) is 4.10. The first-order chi connectivity index (χ1) is 14.1. The van der Waals surface area contributed by atoms with Crippen LogP contribution in [0.1, 0.15) is 43.5 Å². The molecule has 8 heteroatoms. The fraction of sp³-hybridized carbons (Fsp3) is 0.571. The molecular weight excluding hydrogens is 375 g/mol. The third kappa shape index (κ3) is 4.75. The van der Waals surface area contributed by atoms with Gasteiger partial charge in [0.2, 0.25) is 5.91 Å². The number of hydrogen-bond donors (Lipinski definition) is 0. The van der Waals surface area contributed by atoms with Crippen LogP contribution in [-0.2, 0) is 35.6 Å². The van der Waals surface area contributed by atoms with Crippen molar-refractivity contribution >= 4 is 5.91 Å². The Morgan fingerprint density at radius 1 is 1.28 bits per heavy atom. The molecule has 2 aliphatic rings. The van der Waals surface area contributed by atoms with Crippen molar-refractivity contribution < 1.29 is 13.9 Å². The molecule has 0 N–H and O–H groups in total. The molecule has 156 valence electrons. The number of amides is 1. The van der Waals surface area contributed by atoms with Crippen molar-refractivity contribution in [2.24, 2.45) is 0 Å². The maximum Gasteiger partial charge on any atom is 0.346 e. The minimum absolute atomic E-state index is 0.0251. The van der Waals surface area contributed by atoms with Crippen molar-refractivity contribution in [2.45, 2.75) is 64.3 Å². The molecule has 7 nitrogen and oxygen atoms in total. The van der Waals surface area contributed by atoms with Gasteiger partial charge in [-0.3, -0.25) is 9.36 Å². The van der Waals surface area contributed by atoms with E-state index in [1.165, 1.54) is 16.8 Å². The van der Waals surface area contributed by atoms with Gasteiger partial charge in [-0.15, -0.1) is 0 Å². The highest BCUT2D eigenvalue weighted by Gasteiger charge is 2.25. The van der Waals surface area contributed by atoms with E-state index in [0.29, 0.717) is 25.3 Å². The Balaban J connectivity index is 1.52. The summed E-state index contributed by atoms with van der Waals surface area (Å²) in [5, 5.41) is 4.41. The first-order valence-electron chi connectivity index (χ1n) is 10.4. The van der Waals surface area contributed by atoms with Gasteiger partial charge >= 0.3 is 5.69 Å². The lowest BCUT2D eigenvalue weighted by atomic mass is 10.1. The number of nitrogens with zero attached hydrogens (tertiary/aromatic N) is 4. The lowest BCUT2D eigenvalue weighted by Gasteiger charge is -2.25. The van der Waals surface area contributed by atoms with Gasteiger partial charge in [-0.25, -0.2) is 13.9 Å². The normalized spacial score (nSPS) is 19.0. The lowest BCUT2D eigenvalue weighted by molar-refractivity contribution is -0.134. The van der Waals surface area contributed by atoms with Crippen molar-refractivity contribution in [3.63, 3.8) is 0 Å².